The highest BCUT2D eigenvalue weighted by Crippen LogP contribution is 2.14. The Morgan fingerprint density at radius 3 is 2.62 bits per heavy atom. The van der Waals surface area contributed by atoms with Crippen LogP contribution in [-0.2, 0) is 11.3 Å². The topological polar surface area (TPSA) is 26.3 Å². The van der Waals surface area contributed by atoms with Gasteiger partial charge in [-0.05, 0) is 29.1 Å². The maximum Gasteiger partial charge on any atom is 0.348 e. The van der Waals surface area contributed by atoms with Crippen LogP contribution in [0.1, 0.15) is 15.2 Å². The van der Waals surface area contributed by atoms with Gasteiger partial charge in [0.25, 0.3) is 0 Å². The lowest BCUT2D eigenvalue weighted by atomic mass is 10.2. The number of carbonyl (C=O) groups is 1. The van der Waals surface area contributed by atoms with Crippen molar-refractivity contribution in [3.8, 4) is 0 Å². The second-order valence-electron chi connectivity index (χ2n) is 3.18. The summed E-state index contributed by atoms with van der Waals surface area (Å²) < 4.78 is 6.18. The molecule has 0 spiro atoms. The lowest BCUT2D eigenvalue weighted by Gasteiger charge is -2.03. The van der Waals surface area contributed by atoms with Crippen LogP contribution in [-0.4, -0.2) is 5.97 Å². The average Bonchev–Trinajstić information content (AvgIpc) is 2.81. The van der Waals surface area contributed by atoms with Crippen molar-refractivity contribution in [2.24, 2.45) is 0 Å². The molecule has 0 unspecified atom stereocenters. The van der Waals surface area contributed by atoms with E-state index in [1.165, 1.54) is 11.3 Å². The largest absolute Gasteiger partial charge is 0.457 e. The van der Waals surface area contributed by atoms with Crippen LogP contribution < -0.4 is 0 Å². The quantitative estimate of drug-likeness (QED) is 0.804. The number of benzene rings is 1. The van der Waals surface area contributed by atoms with E-state index in [2.05, 4.69) is 15.9 Å². The summed E-state index contributed by atoms with van der Waals surface area (Å²) in [6.45, 7) is 0.310. The Morgan fingerprint density at radius 1 is 1.25 bits per heavy atom. The number of rotatable bonds is 3. The Morgan fingerprint density at radius 2 is 2.00 bits per heavy atom. The van der Waals surface area contributed by atoms with Crippen molar-refractivity contribution >= 4 is 33.2 Å². The molecule has 0 fully saturated rings. The van der Waals surface area contributed by atoms with E-state index in [4.69, 9.17) is 4.74 Å². The molecule has 0 atom stereocenters. The summed E-state index contributed by atoms with van der Waals surface area (Å²) in [6.07, 6.45) is 0. The number of halogens is 1. The molecule has 2 rings (SSSR count). The molecule has 0 bridgehead atoms. The third-order valence-electron chi connectivity index (χ3n) is 2.01. The molecule has 0 radical (unpaired) electrons. The standard InChI is InChI=1S/C12H9BrO2S/c13-10-5-3-9(4-6-10)8-15-12(14)11-2-1-7-16-11/h1-7H,8H2. The van der Waals surface area contributed by atoms with Gasteiger partial charge in [0.2, 0.25) is 0 Å². The molecule has 2 aromatic rings. The molecule has 2 nitrogen and oxygen atoms in total. The van der Waals surface area contributed by atoms with Gasteiger partial charge in [0, 0.05) is 4.47 Å². The van der Waals surface area contributed by atoms with Crippen LogP contribution in [0.15, 0.2) is 46.3 Å². The number of ether oxygens (including phenoxy) is 1. The Kier molecular flexibility index (Phi) is 3.74. The van der Waals surface area contributed by atoms with Gasteiger partial charge in [-0.2, -0.15) is 0 Å². The highest BCUT2D eigenvalue weighted by molar-refractivity contribution is 9.10. The number of esters is 1. The molecule has 0 aliphatic heterocycles. The zero-order chi connectivity index (χ0) is 11.4. The van der Waals surface area contributed by atoms with Gasteiger partial charge < -0.3 is 4.74 Å². The van der Waals surface area contributed by atoms with Crippen LogP contribution in [0, 0.1) is 0 Å². The van der Waals surface area contributed by atoms with Crippen LogP contribution >= 0.6 is 27.3 Å². The van der Waals surface area contributed by atoms with Crippen LogP contribution in [0.3, 0.4) is 0 Å². The summed E-state index contributed by atoms with van der Waals surface area (Å²) in [5.41, 5.74) is 0.980. The minimum Gasteiger partial charge on any atom is -0.457 e. The van der Waals surface area contributed by atoms with E-state index >= 15 is 0 Å². The molecule has 0 saturated heterocycles. The predicted octanol–water partition coefficient (Wildman–Crippen LogP) is 3.87. The Hall–Kier alpha value is -1.13. The lowest BCUT2D eigenvalue weighted by molar-refractivity contribution is 0.0478. The molecule has 4 heteroatoms. The molecule has 82 valence electrons. The first-order valence-corrected chi connectivity index (χ1v) is 6.38. The monoisotopic (exact) mass is 296 g/mol. The molecular weight excluding hydrogens is 288 g/mol. The van der Waals surface area contributed by atoms with E-state index in [1.54, 1.807) is 6.07 Å². The van der Waals surface area contributed by atoms with Gasteiger partial charge in [-0.25, -0.2) is 4.79 Å². The van der Waals surface area contributed by atoms with Gasteiger partial charge in [-0.15, -0.1) is 11.3 Å². The summed E-state index contributed by atoms with van der Waals surface area (Å²) in [4.78, 5) is 12.2. The zero-order valence-corrected chi connectivity index (χ0v) is 10.8. The summed E-state index contributed by atoms with van der Waals surface area (Å²) >= 11 is 4.74. The van der Waals surface area contributed by atoms with Crippen molar-refractivity contribution in [1.29, 1.82) is 0 Å². The second kappa shape index (κ2) is 5.27. The van der Waals surface area contributed by atoms with Crippen molar-refractivity contribution in [1.82, 2.24) is 0 Å². The van der Waals surface area contributed by atoms with Crippen molar-refractivity contribution in [3.63, 3.8) is 0 Å². The number of carbonyl (C=O) groups excluding carboxylic acids is 1. The highest BCUT2D eigenvalue weighted by atomic mass is 79.9. The van der Waals surface area contributed by atoms with Crippen molar-refractivity contribution < 1.29 is 9.53 Å². The SMILES string of the molecule is O=C(OCc1ccc(Br)cc1)c1cccs1. The minimum absolute atomic E-state index is 0.266. The Labute approximate surface area is 106 Å². The molecule has 16 heavy (non-hydrogen) atoms. The van der Waals surface area contributed by atoms with Crippen molar-refractivity contribution in [2.45, 2.75) is 6.61 Å². The highest BCUT2D eigenvalue weighted by Gasteiger charge is 2.07. The normalized spacial score (nSPS) is 10.1. The van der Waals surface area contributed by atoms with Gasteiger partial charge in [0.1, 0.15) is 11.5 Å². The molecule has 1 heterocycles. The van der Waals surface area contributed by atoms with E-state index in [1.807, 2.05) is 35.7 Å². The number of thiophene rings is 1. The van der Waals surface area contributed by atoms with Gasteiger partial charge >= 0.3 is 5.97 Å². The fraction of sp³-hybridized carbons (Fsp3) is 0.0833. The van der Waals surface area contributed by atoms with Gasteiger partial charge in [-0.3, -0.25) is 0 Å². The number of hydrogen-bond donors (Lipinski definition) is 0. The third kappa shape index (κ3) is 2.93. The maximum absolute atomic E-state index is 11.5. The van der Waals surface area contributed by atoms with Crippen molar-refractivity contribution in [2.75, 3.05) is 0 Å². The first kappa shape index (κ1) is 11.4. The lowest BCUT2D eigenvalue weighted by Crippen LogP contribution is -2.02. The summed E-state index contributed by atoms with van der Waals surface area (Å²) in [5.74, 6) is -0.266. The molecule has 0 aliphatic carbocycles. The zero-order valence-electron chi connectivity index (χ0n) is 8.35. The first-order valence-electron chi connectivity index (χ1n) is 4.71. The maximum atomic E-state index is 11.5. The molecule has 0 aliphatic rings. The van der Waals surface area contributed by atoms with E-state index in [9.17, 15) is 4.79 Å². The molecule has 1 aromatic carbocycles. The molecule has 0 N–H and O–H groups in total. The minimum atomic E-state index is -0.266. The number of hydrogen-bond acceptors (Lipinski definition) is 3. The van der Waals surface area contributed by atoms with E-state index in [0.29, 0.717) is 11.5 Å². The van der Waals surface area contributed by atoms with E-state index in [-0.39, 0.29) is 5.97 Å². The van der Waals surface area contributed by atoms with Gasteiger partial charge in [0.05, 0.1) is 0 Å². The van der Waals surface area contributed by atoms with E-state index in [0.717, 1.165) is 10.0 Å². The van der Waals surface area contributed by atoms with Gasteiger partial charge in [-0.1, -0.05) is 34.1 Å². The summed E-state index contributed by atoms with van der Waals surface area (Å²) in [5, 5.41) is 1.86. The molecule has 0 saturated carbocycles. The fourth-order valence-electron chi connectivity index (χ4n) is 1.20. The first-order chi connectivity index (χ1) is 7.75. The average molecular weight is 297 g/mol. The van der Waals surface area contributed by atoms with Crippen LogP contribution in [0.2, 0.25) is 0 Å². The Balaban J connectivity index is 1.93. The summed E-state index contributed by atoms with van der Waals surface area (Å²) in [7, 11) is 0. The second-order valence-corrected chi connectivity index (χ2v) is 5.04. The summed E-state index contributed by atoms with van der Waals surface area (Å²) in [6, 6.07) is 11.3. The molecule has 0 amide bonds. The fourth-order valence-corrected chi connectivity index (χ4v) is 2.08. The predicted molar refractivity (Wildman–Crippen MR) is 67.6 cm³/mol. The molecule has 1 aromatic heterocycles. The smallest absolute Gasteiger partial charge is 0.348 e. The van der Waals surface area contributed by atoms with Crippen LogP contribution in [0.5, 0.6) is 0 Å². The van der Waals surface area contributed by atoms with E-state index < -0.39 is 0 Å². The molecular formula is C12H9BrO2S. The third-order valence-corrected chi connectivity index (χ3v) is 3.38. The van der Waals surface area contributed by atoms with Crippen LogP contribution in [0.4, 0.5) is 0 Å². The van der Waals surface area contributed by atoms with Crippen LogP contribution in [0.25, 0.3) is 0 Å². The van der Waals surface area contributed by atoms with Gasteiger partial charge in [0.15, 0.2) is 0 Å². The van der Waals surface area contributed by atoms with Crippen molar-refractivity contribution in [3.05, 3.63) is 56.7 Å². The Bertz CT molecular complexity index is 462.